The molecule has 0 aromatic carbocycles. The van der Waals surface area contributed by atoms with Gasteiger partial charge in [0.1, 0.15) is 5.60 Å². The van der Waals surface area contributed by atoms with Crippen LogP contribution in [0.25, 0.3) is 0 Å². The first kappa shape index (κ1) is 15.0. The van der Waals surface area contributed by atoms with Crippen molar-refractivity contribution in [3.8, 4) is 0 Å². The number of hydrogen-bond acceptors (Lipinski definition) is 3. The van der Waals surface area contributed by atoms with Gasteiger partial charge in [-0.3, -0.25) is 4.79 Å². The Labute approximate surface area is 115 Å². The summed E-state index contributed by atoms with van der Waals surface area (Å²) >= 11 is 0. The highest BCUT2D eigenvalue weighted by Gasteiger charge is 2.64. The van der Waals surface area contributed by atoms with Gasteiger partial charge < -0.3 is 14.7 Å². The number of aliphatic carboxylic acids is 1. The predicted molar refractivity (Wildman–Crippen MR) is 65.5 cm³/mol. The number of carbonyl (C=O) groups is 2. The standard InChI is InChI=1S/C13H19F2NO4/c1-11(2,3)20-10(19)16-6-12(7-16)5-13(14,15)4-8(12)9(17)18/h8H,4-7H2,1-3H3,(H,17,18)/t8-/m0/s1. The van der Waals surface area contributed by atoms with E-state index in [0.717, 1.165) is 0 Å². The van der Waals surface area contributed by atoms with Crippen molar-refractivity contribution < 1.29 is 28.2 Å². The third-order valence-electron chi connectivity index (χ3n) is 3.81. The number of carboxylic acids is 1. The molecule has 20 heavy (non-hydrogen) atoms. The van der Waals surface area contributed by atoms with E-state index in [1.165, 1.54) is 4.90 Å². The van der Waals surface area contributed by atoms with Gasteiger partial charge in [0.25, 0.3) is 0 Å². The van der Waals surface area contributed by atoms with Gasteiger partial charge in [-0.2, -0.15) is 0 Å². The number of carbonyl (C=O) groups excluding carboxylic acids is 1. The molecule has 1 N–H and O–H groups in total. The summed E-state index contributed by atoms with van der Waals surface area (Å²) in [7, 11) is 0. The minimum atomic E-state index is -2.97. The molecule has 1 spiro atoms. The van der Waals surface area contributed by atoms with Crippen molar-refractivity contribution in [3.05, 3.63) is 0 Å². The molecule has 1 atom stereocenters. The summed E-state index contributed by atoms with van der Waals surface area (Å²) in [5.41, 5.74) is -1.67. The molecule has 2 fully saturated rings. The molecule has 0 unspecified atom stereocenters. The number of rotatable bonds is 1. The quantitative estimate of drug-likeness (QED) is 0.805. The van der Waals surface area contributed by atoms with Gasteiger partial charge in [-0.25, -0.2) is 13.6 Å². The van der Waals surface area contributed by atoms with Gasteiger partial charge in [0.2, 0.25) is 5.92 Å². The Hall–Kier alpha value is -1.40. The second-order valence-electron chi connectivity index (χ2n) is 6.83. The van der Waals surface area contributed by atoms with Crippen molar-refractivity contribution in [2.75, 3.05) is 13.1 Å². The molecular weight excluding hydrogens is 272 g/mol. The van der Waals surface area contributed by atoms with Crippen LogP contribution in [0.3, 0.4) is 0 Å². The van der Waals surface area contributed by atoms with E-state index in [1.54, 1.807) is 20.8 Å². The molecule has 2 rings (SSSR count). The monoisotopic (exact) mass is 291 g/mol. The number of likely N-dealkylation sites (tertiary alicyclic amines) is 1. The fourth-order valence-corrected chi connectivity index (χ4v) is 3.08. The van der Waals surface area contributed by atoms with E-state index >= 15 is 0 Å². The third-order valence-corrected chi connectivity index (χ3v) is 3.81. The fourth-order valence-electron chi connectivity index (χ4n) is 3.08. The van der Waals surface area contributed by atoms with Gasteiger partial charge >= 0.3 is 12.1 Å². The largest absolute Gasteiger partial charge is 0.481 e. The first-order valence-corrected chi connectivity index (χ1v) is 6.53. The summed E-state index contributed by atoms with van der Waals surface area (Å²) < 4.78 is 32.1. The van der Waals surface area contributed by atoms with E-state index in [2.05, 4.69) is 0 Å². The van der Waals surface area contributed by atoms with Crippen LogP contribution in [0.2, 0.25) is 0 Å². The van der Waals surface area contributed by atoms with E-state index in [0.29, 0.717) is 0 Å². The predicted octanol–water partition coefficient (Wildman–Crippen LogP) is 2.35. The third kappa shape index (κ3) is 2.71. The Bertz CT molecular complexity index is 438. The number of alkyl halides is 2. The Morgan fingerprint density at radius 1 is 1.30 bits per heavy atom. The molecule has 1 heterocycles. The van der Waals surface area contributed by atoms with Gasteiger partial charge in [-0.05, 0) is 20.8 Å². The Morgan fingerprint density at radius 2 is 1.85 bits per heavy atom. The van der Waals surface area contributed by atoms with Crippen LogP contribution in [-0.2, 0) is 9.53 Å². The van der Waals surface area contributed by atoms with Crippen LogP contribution in [0.15, 0.2) is 0 Å². The first-order valence-electron chi connectivity index (χ1n) is 6.53. The van der Waals surface area contributed by atoms with Crippen molar-refractivity contribution in [1.82, 2.24) is 4.90 Å². The number of ether oxygens (including phenoxy) is 1. The highest BCUT2D eigenvalue weighted by Crippen LogP contribution is 2.56. The van der Waals surface area contributed by atoms with Gasteiger partial charge in [0.15, 0.2) is 0 Å². The molecule has 1 aliphatic heterocycles. The maximum Gasteiger partial charge on any atom is 0.410 e. The molecule has 0 radical (unpaired) electrons. The van der Waals surface area contributed by atoms with E-state index in [-0.39, 0.29) is 13.1 Å². The number of halogens is 2. The second kappa shape index (κ2) is 4.30. The average molecular weight is 291 g/mol. The number of hydrogen-bond donors (Lipinski definition) is 1. The van der Waals surface area contributed by atoms with Crippen LogP contribution in [0.4, 0.5) is 13.6 Å². The molecule has 7 heteroatoms. The van der Waals surface area contributed by atoms with Crippen LogP contribution in [0, 0.1) is 11.3 Å². The van der Waals surface area contributed by atoms with E-state index in [4.69, 9.17) is 9.84 Å². The Balaban J connectivity index is 2.03. The normalized spacial score (nSPS) is 27.2. The highest BCUT2D eigenvalue weighted by molar-refractivity contribution is 5.74. The molecule has 1 saturated heterocycles. The Morgan fingerprint density at radius 3 is 2.30 bits per heavy atom. The van der Waals surface area contributed by atoms with Crippen molar-refractivity contribution >= 4 is 12.1 Å². The number of carboxylic acid groups (broad SMARTS) is 1. The molecule has 0 aromatic heterocycles. The lowest BCUT2D eigenvalue weighted by atomic mass is 9.71. The maximum absolute atomic E-state index is 13.5. The molecule has 114 valence electrons. The molecule has 0 aromatic rings. The van der Waals surface area contributed by atoms with Crippen LogP contribution in [0.1, 0.15) is 33.6 Å². The summed E-state index contributed by atoms with van der Waals surface area (Å²) in [6.07, 6.45) is -1.71. The molecular formula is C13H19F2NO4. The maximum atomic E-state index is 13.5. The van der Waals surface area contributed by atoms with Crippen LogP contribution in [0.5, 0.6) is 0 Å². The summed E-state index contributed by atoms with van der Waals surface area (Å²) in [6, 6.07) is 0. The van der Waals surface area contributed by atoms with Gasteiger partial charge in [-0.1, -0.05) is 0 Å². The SMILES string of the molecule is CC(C)(C)OC(=O)N1CC2(C1)CC(F)(F)C[C@H]2C(=O)O. The molecule has 1 amide bonds. The fraction of sp³-hybridized carbons (Fsp3) is 0.846. The minimum absolute atomic E-state index is 0.0223. The zero-order valence-corrected chi connectivity index (χ0v) is 11.8. The van der Waals surface area contributed by atoms with Crippen molar-refractivity contribution in [1.29, 1.82) is 0 Å². The van der Waals surface area contributed by atoms with E-state index in [9.17, 15) is 18.4 Å². The van der Waals surface area contributed by atoms with E-state index < -0.39 is 47.8 Å². The smallest absolute Gasteiger partial charge is 0.410 e. The molecule has 0 bridgehead atoms. The van der Waals surface area contributed by atoms with E-state index in [1.807, 2.05) is 0 Å². The average Bonchev–Trinajstić information content (AvgIpc) is 2.45. The second-order valence-corrected chi connectivity index (χ2v) is 6.83. The summed E-state index contributed by atoms with van der Waals surface area (Å²) in [6.45, 7) is 5.18. The Kier molecular flexibility index (Phi) is 3.22. The first-order chi connectivity index (χ1) is 8.94. The minimum Gasteiger partial charge on any atom is -0.481 e. The molecule has 1 aliphatic carbocycles. The zero-order valence-electron chi connectivity index (χ0n) is 11.8. The summed E-state index contributed by atoms with van der Waals surface area (Å²) in [5, 5.41) is 9.09. The molecule has 5 nitrogen and oxygen atoms in total. The highest BCUT2D eigenvalue weighted by atomic mass is 19.3. The lowest BCUT2D eigenvalue weighted by Gasteiger charge is -2.49. The molecule has 1 saturated carbocycles. The topological polar surface area (TPSA) is 66.8 Å². The van der Waals surface area contributed by atoms with Gasteiger partial charge in [0.05, 0.1) is 5.92 Å². The number of nitrogens with zero attached hydrogens (tertiary/aromatic N) is 1. The summed E-state index contributed by atoms with van der Waals surface area (Å²) in [5.74, 6) is -5.29. The van der Waals surface area contributed by atoms with Crippen molar-refractivity contribution in [3.63, 3.8) is 0 Å². The van der Waals surface area contributed by atoms with Gasteiger partial charge in [0, 0.05) is 31.3 Å². The summed E-state index contributed by atoms with van der Waals surface area (Å²) in [4.78, 5) is 24.2. The van der Waals surface area contributed by atoms with Crippen molar-refractivity contribution in [2.24, 2.45) is 11.3 Å². The van der Waals surface area contributed by atoms with Crippen LogP contribution in [-0.4, -0.2) is 46.7 Å². The lowest BCUT2D eigenvalue weighted by molar-refractivity contribution is -0.150. The van der Waals surface area contributed by atoms with Crippen LogP contribution >= 0.6 is 0 Å². The molecule has 2 aliphatic rings. The van der Waals surface area contributed by atoms with Crippen molar-refractivity contribution in [2.45, 2.75) is 45.1 Å². The van der Waals surface area contributed by atoms with Gasteiger partial charge in [-0.15, -0.1) is 0 Å². The number of amides is 1. The lowest BCUT2D eigenvalue weighted by Crippen LogP contribution is -2.62. The van der Waals surface area contributed by atoms with Crippen LogP contribution < -0.4 is 0 Å². The zero-order chi connectivity index (χ0) is 15.3.